The lowest BCUT2D eigenvalue weighted by atomic mass is 10.1. The molecular weight excluding hydrogens is 290 g/mol. The minimum absolute atomic E-state index is 0.220. The van der Waals surface area contributed by atoms with Gasteiger partial charge in [0.25, 0.3) is 5.91 Å². The zero-order valence-electron chi connectivity index (χ0n) is 12.6. The highest BCUT2D eigenvalue weighted by Crippen LogP contribution is 2.19. The predicted molar refractivity (Wildman–Crippen MR) is 86.8 cm³/mol. The molecule has 0 aliphatic rings. The number of benzene rings is 1. The molecule has 0 atom stereocenters. The molecule has 3 aromatic rings. The number of nitrogens with zero attached hydrogens (tertiary/aromatic N) is 2. The zero-order valence-corrected chi connectivity index (χ0v) is 12.6. The molecule has 1 amide bonds. The quantitative estimate of drug-likeness (QED) is 0.711. The van der Waals surface area contributed by atoms with Crippen LogP contribution in [-0.4, -0.2) is 22.6 Å². The summed E-state index contributed by atoms with van der Waals surface area (Å²) in [6.45, 7) is 0.585. The Bertz CT molecular complexity index is 754. The first-order valence-corrected chi connectivity index (χ1v) is 7.52. The van der Waals surface area contributed by atoms with E-state index in [1.54, 1.807) is 12.3 Å². The van der Waals surface area contributed by atoms with Crippen molar-refractivity contribution in [2.24, 2.45) is 0 Å². The highest BCUT2D eigenvalue weighted by molar-refractivity contribution is 5.93. The standard InChI is InChI=1S/C18H17N3O2/c22-18(20-11-5-7-14-6-4-10-19-13-14)16-12-17(23-21-16)15-8-2-1-3-9-15/h1-4,6,8-10,12-13H,5,7,11H2,(H,20,22). The van der Waals surface area contributed by atoms with Crippen LogP contribution in [0.4, 0.5) is 0 Å². The molecule has 0 saturated heterocycles. The molecule has 0 radical (unpaired) electrons. The van der Waals surface area contributed by atoms with Crippen molar-refractivity contribution in [3.8, 4) is 11.3 Å². The maximum atomic E-state index is 12.1. The predicted octanol–water partition coefficient (Wildman–Crippen LogP) is 3.10. The second kappa shape index (κ2) is 7.35. The summed E-state index contributed by atoms with van der Waals surface area (Å²) in [7, 11) is 0. The van der Waals surface area contributed by atoms with Gasteiger partial charge in [-0.2, -0.15) is 0 Å². The number of aromatic nitrogens is 2. The van der Waals surface area contributed by atoms with Crippen LogP contribution in [0.1, 0.15) is 22.5 Å². The number of aryl methyl sites for hydroxylation is 1. The van der Waals surface area contributed by atoms with E-state index in [1.165, 1.54) is 0 Å². The van der Waals surface area contributed by atoms with Crippen LogP contribution in [0.15, 0.2) is 65.4 Å². The molecule has 0 aliphatic carbocycles. The molecule has 0 spiro atoms. The Kier molecular flexibility index (Phi) is 4.79. The highest BCUT2D eigenvalue weighted by atomic mass is 16.5. The molecule has 0 unspecified atom stereocenters. The summed E-state index contributed by atoms with van der Waals surface area (Å²) < 4.78 is 5.23. The van der Waals surface area contributed by atoms with Gasteiger partial charge in [0, 0.05) is 30.6 Å². The fourth-order valence-corrected chi connectivity index (χ4v) is 2.25. The molecule has 2 aromatic heterocycles. The molecule has 0 fully saturated rings. The van der Waals surface area contributed by atoms with Gasteiger partial charge in [0.15, 0.2) is 11.5 Å². The van der Waals surface area contributed by atoms with Gasteiger partial charge in [0.05, 0.1) is 0 Å². The summed E-state index contributed by atoms with van der Waals surface area (Å²) in [5, 5.41) is 6.68. The largest absolute Gasteiger partial charge is 0.355 e. The van der Waals surface area contributed by atoms with Gasteiger partial charge < -0.3 is 9.84 Å². The third-order valence-corrected chi connectivity index (χ3v) is 3.45. The number of pyridine rings is 1. The third-order valence-electron chi connectivity index (χ3n) is 3.45. The van der Waals surface area contributed by atoms with Crippen molar-refractivity contribution in [1.82, 2.24) is 15.5 Å². The monoisotopic (exact) mass is 307 g/mol. The maximum absolute atomic E-state index is 12.1. The van der Waals surface area contributed by atoms with E-state index in [-0.39, 0.29) is 5.91 Å². The summed E-state index contributed by atoms with van der Waals surface area (Å²) >= 11 is 0. The minimum Gasteiger partial charge on any atom is -0.355 e. The lowest BCUT2D eigenvalue weighted by Crippen LogP contribution is -2.25. The van der Waals surface area contributed by atoms with Gasteiger partial charge in [0.1, 0.15) is 0 Å². The summed E-state index contributed by atoms with van der Waals surface area (Å²) in [5.74, 6) is 0.369. The van der Waals surface area contributed by atoms with Gasteiger partial charge in [-0.15, -0.1) is 0 Å². The average Bonchev–Trinajstić information content (AvgIpc) is 3.10. The van der Waals surface area contributed by atoms with Gasteiger partial charge >= 0.3 is 0 Å². The van der Waals surface area contributed by atoms with Crippen LogP contribution in [0.3, 0.4) is 0 Å². The van der Waals surface area contributed by atoms with E-state index < -0.39 is 0 Å². The Morgan fingerprint density at radius 3 is 2.78 bits per heavy atom. The molecule has 2 heterocycles. The third kappa shape index (κ3) is 4.03. The van der Waals surface area contributed by atoms with Crippen molar-refractivity contribution >= 4 is 5.91 Å². The molecule has 1 aromatic carbocycles. The normalized spacial score (nSPS) is 10.4. The van der Waals surface area contributed by atoms with E-state index in [0.29, 0.717) is 18.0 Å². The van der Waals surface area contributed by atoms with Crippen molar-refractivity contribution < 1.29 is 9.32 Å². The first-order valence-electron chi connectivity index (χ1n) is 7.52. The number of nitrogens with one attached hydrogen (secondary N) is 1. The number of hydrogen-bond acceptors (Lipinski definition) is 4. The van der Waals surface area contributed by atoms with Crippen LogP contribution in [0.2, 0.25) is 0 Å². The topological polar surface area (TPSA) is 68.0 Å². The molecule has 0 saturated carbocycles. The van der Waals surface area contributed by atoms with Crippen molar-refractivity contribution in [3.05, 3.63) is 72.2 Å². The summed E-state index contributed by atoms with van der Waals surface area (Å²) in [4.78, 5) is 16.1. The van der Waals surface area contributed by atoms with Crippen LogP contribution in [0.5, 0.6) is 0 Å². The number of hydrogen-bond donors (Lipinski definition) is 1. The lowest BCUT2D eigenvalue weighted by molar-refractivity contribution is 0.0944. The van der Waals surface area contributed by atoms with Crippen molar-refractivity contribution in [2.45, 2.75) is 12.8 Å². The minimum atomic E-state index is -0.220. The van der Waals surface area contributed by atoms with Crippen molar-refractivity contribution in [1.29, 1.82) is 0 Å². The van der Waals surface area contributed by atoms with Crippen LogP contribution in [0, 0.1) is 0 Å². The molecular formula is C18H17N3O2. The Balaban J connectivity index is 1.50. The SMILES string of the molecule is O=C(NCCCc1cccnc1)c1cc(-c2ccccc2)on1. The first kappa shape index (κ1) is 15.0. The van der Waals surface area contributed by atoms with Crippen molar-refractivity contribution in [2.75, 3.05) is 6.54 Å². The Hall–Kier alpha value is -2.95. The molecule has 0 aliphatic heterocycles. The lowest BCUT2D eigenvalue weighted by Gasteiger charge is -2.02. The van der Waals surface area contributed by atoms with E-state index >= 15 is 0 Å². The van der Waals surface area contributed by atoms with Crippen molar-refractivity contribution in [3.63, 3.8) is 0 Å². The van der Waals surface area contributed by atoms with Gasteiger partial charge in [-0.1, -0.05) is 41.6 Å². The molecule has 5 nitrogen and oxygen atoms in total. The van der Waals surface area contributed by atoms with E-state index in [4.69, 9.17) is 4.52 Å². The van der Waals surface area contributed by atoms with Gasteiger partial charge in [0.2, 0.25) is 0 Å². The molecule has 5 heteroatoms. The summed E-state index contributed by atoms with van der Waals surface area (Å²) in [6, 6.07) is 15.2. The first-order chi connectivity index (χ1) is 11.3. The van der Waals surface area contributed by atoms with E-state index in [1.807, 2.05) is 48.7 Å². The Morgan fingerprint density at radius 2 is 2.00 bits per heavy atom. The molecule has 116 valence electrons. The Labute approximate surface area is 134 Å². The number of carbonyl (C=O) groups is 1. The van der Waals surface area contributed by atoms with E-state index in [9.17, 15) is 4.79 Å². The van der Waals surface area contributed by atoms with Crippen LogP contribution < -0.4 is 5.32 Å². The Morgan fingerprint density at radius 1 is 1.13 bits per heavy atom. The second-order valence-corrected chi connectivity index (χ2v) is 5.16. The van der Waals surface area contributed by atoms with Crippen LogP contribution in [-0.2, 0) is 6.42 Å². The fourth-order valence-electron chi connectivity index (χ4n) is 2.25. The number of carbonyl (C=O) groups excluding carboxylic acids is 1. The van der Waals surface area contributed by atoms with Gasteiger partial charge in [-0.25, -0.2) is 0 Å². The molecule has 23 heavy (non-hydrogen) atoms. The summed E-state index contributed by atoms with van der Waals surface area (Å²) in [5.41, 5.74) is 2.36. The summed E-state index contributed by atoms with van der Waals surface area (Å²) in [6.07, 6.45) is 5.31. The molecule has 1 N–H and O–H groups in total. The number of amides is 1. The smallest absolute Gasteiger partial charge is 0.273 e. The van der Waals surface area contributed by atoms with E-state index in [2.05, 4.69) is 15.5 Å². The average molecular weight is 307 g/mol. The van der Waals surface area contributed by atoms with E-state index in [0.717, 1.165) is 24.0 Å². The zero-order chi connectivity index (χ0) is 15.9. The molecule has 3 rings (SSSR count). The molecule has 0 bridgehead atoms. The number of rotatable bonds is 6. The highest BCUT2D eigenvalue weighted by Gasteiger charge is 2.12. The maximum Gasteiger partial charge on any atom is 0.273 e. The fraction of sp³-hybridized carbons (Fsp3) is 0.167. The van der Waals surface area contributed by atoms with Gasteiger partial charge in [-0.05, 0) is 24.5 Å². The second-order valence-electron chi connectivity index (χ2n) is 5.16. The van der Waals surface area contributed by atoms with Crippen LogP contribution >= 0.6 is 0 Å². The van der Waals surface area contributed by atoms with Crippen LogP contribution in [0.25, 0.3) is 11.3 Å². The van der Waals surface area contributed by atoms with Gasteiger partial charge in [-0.3, -0.25) is 9.78 Å².